The number of nitrogens with zero attached hydrogens (tertiary/aromatic N) is 3. The van der Waals surface area contributed by atoms with Crippen LogP contribution in [0.1, 0.15) is 29.7 Å². The minimum Gasteiger partial charge on any atom is -0.468 e. The highest BCUT2D eigenvalue weighted by molar-refractivity contribution is 6.38. The average Bonchev–Trinajstić information content (AvgIpc) is 3.32. The molecule has 1 aliphatic rings. The maximum atomic E-state index is 12.9. The predicted molar refractivity (Wildman–Crippen MR) is 90.6 cm³/mol. The topological polar surface area (TPSA) is 93.9 Å². The number of hydrogen-bond acceptors (Lipinski definition) is 5. The lowest BCUT2D eigenvalue weighted by molar-refractivity contribution is -0.143. The first-order valence-corrected chi connectivity index (χ1v) is 8.26. The first-order chi connectivity index (χ1) is 12.6. The van der Waals surface area contributed by atoms with Gasteiger partial charge in [0, 0.05) is 5.56 Å². The van der Waals surface area contributed by atoms with Gasteiger partial charge in [0.1, 0.15) is 17.6 Å². The van der Waals surface area contributed by atoms with E-state index in [4.69, 9.17) is 33.7 Å². The third-order valence-electron chi connectivity index (χ3n) is 4.39. The van der Waals surface area contributed by atoms with Crippen LogP contribution in [-0.2, 0) is 21.1 Å². The minimum atomic E-state index is -4.65. The fourth-order valence-corrected chi connectivity index (χ4v) is 3.61. The van der Waals surface area contributed by atoms with Gasteiger partial charge in [0.25, 0.3) is 0 Å². The number of nitrogens with two attached hydrogens (primary N) is 1. The number of carbonyl (C=O) groups excluding carboxylic acids is 1. The molecule has 0 aliphatic heterocycles. The molecule has 0 bridgehead atoms. The van der Waals surface area contributed by atoms with Gasteiger partial charge in [-0.25, -0.2) is 4.68 Å². The molecule has 3 rings (SSSR count). The normalized spacial score (nSPS) is 15.3. The van der Waals surface area contributed by atoms with Gasteiger partial charge in [-0.3, -0.25) is 4.79 Å². The van der Waals surface area contributed by atoms with E-state index in [-0.39, 0.29) is 32.8 Å². The fraction of sp³-hybridized carbons (Fsp3) is 0.312. The fourth-order valence-electron chi connectivity index (χ4n) is 2.96. The summed E-state index contributed by atoms with van der Waals surface area (Å²) in [5.41, 5.74) is 3.84. The van der Waals surface area contributed by atoms with Crippen molar-refractivity contribution in [1.29, 1.82) is 5.26 Å². The van der Waals surface area contributed by atoms with Crippen molar-refractivity contribution in [3.05, 3.63) is 39.0 Å². The van der Waals surface area contributed by atoms with Gasteiger partial charge in [-0.1, -0.05) is 23.2 Å². The molecule has 1 saturated carbocycles. The summed E-state index contributed by atoms with van der Waals surface area (Å²) < 4.78 is 44.5. The standard InChI is InChI=1S/C16H11Cl2F3N4O2/c1-27-14(26)15(2-3-15)11-10(6-22)24-25(13(11)23)12-8(17)4-7(5-9(12)18)16(19,20)21/h4-5H,2-3,23H2,1H3. The quantitative estimate of drug-likeness (QED) is 0.763. The monoisotopic (exact) mass is 418 g/mol. The van der Waals surface area contributed by atoms with Crippen LogP contribution < -0.4 is 5.73 Å². The number of carbonyl (C=O) groups is 1. The zero-order chi connectivity index (χ0) is 20.1. The van der Waals surface area contributed by atoms with Gasteiger partial charge in [-0.05, 0) is 25.0 Å². The smallest absolute Gasteiger partial charge is 0.416 e. The van der Waals surface area contributed by atoms with Gasteiger partial charge in [-0.15, -0.1) is 0 Å². The third-order valence-corrected chi connectivity index (χ3v) is 4.96. The van der Waals surface area contributed by atoms with Gasteiger partial charge in [0.05, 0.1) is 28.1 Å². The van der Waals surface area contributed by atoms with E-state index < -0.39 is 23.1 Å². The number of ether oxygens (including phenoxy) is 1. The van der Waals surface area contributed by atoms with E-state index in [1.54, 1.807) is 0 Å². The second kappa shape index (κ2) is 6.32. The molecule has 0 radical (unpaired) electrons. The van der Waals surface area contributed by atoms with E-state index in [0.717, 1.165) is 4.68 Å². The minimum absolute atomic E-state index is 0.113. The SMILES string of the molecule is COC(=O)C1(c2c(C#N)nn(-c3c(Cl)cc(C(F)(F)F)cc3Cl)c2N)CC1. The maximum absolute atomic E-state index is 12.9. The molecule has 0 spiro atoms. The van der Waals surface area contributed by atoms with E-state index >= 15 is 0 Å². The molecule has 1 aliphatic carbocycles. The Hall–Kier alpha value is -2.44. The molecule has 2 N–H and O–H groups in total. The Morgan fingerprint density at radius 2 is 1.93 bits per heavy atom. The summed E-state index contributed by atoms with van der Waals surface area (Å²) in [6, 6.07) is 3.21. The Morgan fingerprint density at radius 3 is 2.33 bits per heavy atom. The van der Waals surface area contributed by atoms with Crippen LogP contribution in [-0.4, -0.2) is 22.9 Å². The van der Waals surface area contributed by atoms with Crippen LogP contribution in [0, 0.1) is 11.3 Å². The molecule has 27 heavy (non-hydrogen) atoms. The molecular formula is C16H11Cl2F3N4O2. The molecule has 1 fully saturated rings. The van der Waals surface area contributed by atoms with Gasteiger partial charge < -0.3 is 10.5 Å². The highest BCUT2D eigenvalue weighted by Gasteiger charge is 2.56. The molecule has 2 aromatic rings. The molecule has 1 aromatic carbocycles. The van der Waals surface area contributed by atoms with E-state index in [9.17, 15) is 23.2 Å². The number of benzene rings is 1. The van der Waals surface area contributed by atoms with Crippen LogP contribution in [0.15, 0.2) is 12.1 Å². The highest BCUT2D eigenvalue weighted by atomic mass is 35.5. The zero-order valence-electron chi connectivity index (χ0n) is 13.7. The lowest BCUT2D eigenvalue weighted by Gasteiger charge is -2.15. The summed E-state index contributed by atoms with van der Waals surface area (Å²) in [5.74, 6) is -0.687. The Balaban J connectivity index is 2.21. The zero-order valence-corrected chi connectivity index (χ0v) is 15.2. The van der Waals surface area contributed by atoms with Gasteiger partial charge in [-0.2, -0.15) is 23.5 Å². The molecule has 142 valence electrons. The van der Waals surface area contributed by atoms with Crippen molar-refractivity contribution in [3.8, 4) is 11.8 Å². The van der Waals surface area contributed by atoms with Crippen LogP contribution in [0.2, 0.25) is 10.0 Å². The second-order valence-electron chi connectivity index (χ2n) is 5.99. The second-order valence-corrected chi connectivity index (χ2v) is 6.81. The van der Waals surface area contributed by atoms with Crippen molar-refractivity contribution in [3.63, 3.8) is 0 Å². The van der Waals surface area contributed by atoms with Crippen molar-refractivity contribution in [2.45, 2.75) is 24.4 Å². The summed E-state index contributed by atoms with van der Waals surface area (Å²) >= 11 is 12.0. The van der Waals surface area contributed by atoms with E-state index in [1.165, 1.54) is 7.11 Å². The molecular weight excluding hydrogens is 408 g/mol. The number of rotatable bonds is 3. The molecule has 11 heteroatoms. The van der Waals surface area contributed by atoms with Crippen LogP contribution >= 0.6 is 23.2 Å². The Morgan fingerprint density at radius 1 is 1.37 bits per heavy atom. The van der Waals surface area contributed by atoms with Gasteiger partial charge >= 0.3 is 12.1 Å². The van der Waals surface area contributed by atoms with Crippen molar-refractivity contribution < 1.29 is 22.7 Å². The van der Waals surface area contributed by atoms with Crippen molar-refractivity contribution in [2.75, 3.05) is 12.8 Å². The van der Waals surface area contributed by atoms with Crippen LogP contribution in [0.3, 0.4) is 0 Å². The summed E-state index contributed by atoms with van der Waals surface area (Å²) in [6.45, 7) is 0. The summed E-state index contributed by atoms with van der Waals surface area (Å²) in [6.07, 6.45) is -3.84. The number of nitrogen functional groups attached to an aromatic ring is 1. The summed E-state index contributed by atoms with van der Waals surface area (Å²) in [5, 5.41) is 12.7. The summed E-state index contributed by atoms with van der Waals surface area (Å²) in [7, 11) is 1.21. The van der Waals surface area contributed by atoms with E-state index in [1.807, 2.05) is 6.07 Å². The number of alkyl halides is 3. The van der Waals surface area contributed by atoms with Crippen molar-refractivity contribution in [1.82, 2.24) is 9.78 Å². The number of esters is 1. The first-order valence-electron chi connectivity index (χ1n) is 7.51. The summed E-state index contributed by atoms with van der Waals surface area (Å²) in [4.78, 5) is 12.2. The lowest BCUT2D eigenvalue weighted by atomic mass is 9.95. The number of hydrogen-bond donors (Lipinski definition) is 1. The van der Waals surface area contributed by atoms with Crippen LogP contribution in [0.25, 0.3) is 5.69 Å². The number of anilines is 1. The highest BCUT2D eigenvalue weighted by Crippen LogP contribution is 2.53. The first kappa shape index (κ1) is 19.3. The van der Waals surface area contributed by atoms with Crippen LogP contribution in [0.5, 0.6) is 0 Å². The molecule has 0 amide bonds. The van der Waals surface area contributed by atoms with Crippen molar-refractivity contribution >= 4 is 35.0 Å². The predicted octanol–water partition coefficient (Wildman–Crippen LogP) is 3.86. The lowest BCUT2D eigenvalue weighted by Crippen LogP contribution is -2.23. The number of halogens is 5. The van der Waals surface area contributed by atoms with E-state index in [0.29, 0.717) is 25.0 Å². The van der Waals surface area contributed by atoms with Gasteiger partial charge in [0.15, 0.2) is 5.69 Å². The number of aromatic nitrogens is 2. The Bertz CT molecular complexity index is 968. The molecule has 0 saturated heterocycles. The molecule has 0 unspecified atom stereocenters. The van der Waals surface area contributed by atoms with Crippen molar-refractivity contribution in [2.24, 2.45) is 0 Å². The van der Waals surface area contributed by atoms with E-state index in [2.05, 4.69) is 5.10 Å². The van der Waals surface area contributed by atoms with Gasteiger partial charge in [0.2, 0.25) is 0 Å². The molecule has 6 nitrogen and oxygen atoms in total. The Kier molecular flexibility index (Phi) is 4.52. The molecule has 1 aromatic heterocycles. The number of nitriles is 1. The Labute approximate surface area is 161 Å². The molecule has 1 heterocycles. The number of methoxy groups -OCH3 is 1. The average molecular weight is 419 g/mol. The third kappa shape index (κ3) is 2.99. The largest absolute Gasteiger partial charge is 0.468 e. The maximum Gasteiger partial charge on any atom is 0.416 e. The molecule has 0 atom stereocenters. The van der Waals surface area contributed by atoms with Crippen LogP contribution in [0.4, 0.5) is 19.0 Å².